The van der Waals surface area contributed by atoms with E-state index in [0.717, 1.165) is 17.8 Å². The van der Waals surface area contributed by atoms with Crippen molar-refractivity contribution in [1.82, 2.24) is 4.98 Å². The fourth-order valence-electron chi connectivity index (χ4n) is 1.32. The van der Waals surface area contributed by atoms with Gasteiger partial charge in [-0.1, -0.05) is 6.92 Å². The second-order valence-electron chi connectivity index (χ2n) is 2.86. The predicted molar refractivity (Wildman–Crippen MR) is 45.4 cm³/mol. The summed E-state index contributed by atoms with van der Waals surface area (Å²) >= 11 is 0. The molecule has 2 heterocycles. The Labute approximate surface area is 66.0 Å². The molecule has 0 aromatic carbocycles. The maximum Gasteiger partial charge on any atom is 0.0843 e. The number of aromatic nitrogens is 1. The summed E-state index contributed by atoms with van der Waals surface area (Å²) in [6.07, 6.45) is 4.81. The van der Waals surface area contributed by atoms with Gasteiger partial charge in [0.1, 0.15) is 0 Å². The molecular weight excluding hydrogens is 136 g/mol. The first-order chi connectivity index (χ1) is 5.38. The van der Waals surface area contributed by atoms with Crippen LogP contribution in [0.4, 0.5) is 5.69 Å². The van der Waals surface area contributed by atoms with Crippen LogP contribution in [0.25, 0.3) is 0 Å². The molecule has 1 aliphatic heterocycles. The summed E-state index contributed by atoms with van der Waals surface area (Å²) in [7, 11) is 0. The fourth-order valence-corrected chi connectivity index (χ4v) is 1.32. The molecule has 0 amide bonds. The summed E-state index contributed by atoms with van der Waals surface area (Å²) in [4.78, 5) is 8.54. The molecule has 0 radical (unpaired) electrons. The quantitative estimate of drug-likeness (QED) is 0.551. The first-order valence-electron chi connectivity index (χ1n) is 3.85. The van der Waals surface area contributed by atoms with Crippen molar-refractivity contribution in [3.05, 3.63) is 24.0 Å². The monoisotopic (exact) mass is 146 g/mol. The third-order valence-electron chi connectivity index (χ3n) is 1.97. The Morgan fingerprint density at radius 1 is 1.55 bits per heavy atom. The van der Waals surface area contributed by atoms with Crippen molar-refractivity contribution in [2.75, 3.05) is 0 Å². The number of aliphatic imine (C=N–C) groups is 1. The van der Waals surface area contributed by atoms with Crippen LogP contribution in [0.1, 0.15) is 25.0 Å². The van der Waals surface area contributed by atoms with Crippen molar-refractivity contribution >= 4 is 11.9 Å². The number of nitrogens with zero attached hydrogens (tertiary/aromatic N) is 2. The highest BCUT2D eigenvalue weighted by molar-refractivity contribution is 5.68. The van der Waals surface area contributed by atoms with Crippen molar-refractivity contribution in [2.24, 2.45) is 4.99 Å². The van der Waals surface area contributed by atoms with Crippen molar-refractivity contribution in [3.63, 3.8) is 0 Å². The number of fused-ring (bicyclic) bond motifs is 1. The predicted octanol–water partition coefficient (Wildman–Crippen LogP) is 2.29. The topological polar surface area (TPSA) is 25.2 Å². The van der Waals surface area contributed by atoms with Crippen LogP contribution in [-0.4, -0.2) is 11.2 Å². The molecule has 1 aliphatic rings. The highest BCUT2D eigenvalue weighted by atomic mass is 14.8. The van der Waals surface area contributed by atoms with Crippen LogP contribution in [0.5, 0.6) is 0 Å². The van der Waals surface area contributed by atoms with Crippen LogP contribution in [0.3, 0.4) is 0 Å². The Kier molecular flexibility index (Phi) is 1.46. The van der Waals surface area contributed by atoms with E-state index in [9.17, 15) is 0 Å². The molecule has 2 rings (SSSR count). The standard InChI is InChI=1S/C9H10N2/c1-7-4-6-10-8-3-2-5-11-9(7)8/h2-3,5-7H,4H2,1H3. The zero-order chi connectivity index (χ0) is 7.68. The second-order valence-corrected chi connectivity index (χ2v) is 2.86. The van der Waals surface area contributed by atoms with Gasteiger partial charge < -0.3 is 0 Å². The number of rotatable bonds is 0. The van der Waals surface area contributed by atoms with E-state index in [4.69, 9.17) is 0 Å². The van der Waals surface area contributed by atoms with Crippen LogP contribution in [0.2, 0.25) is 0 Å². The van der Waals surface area contributed by atoms with Crippen LogP contribution < -0.4 is 0 Å². The van der Waals surface area contributed by atoms with E-state index in [-0.39, 0.29) is 0 Å². The molecule has 56 valence electrons. The zero-order valence-electron chi connectivity index (χ0n) is 6.49. The molecule has 0 saturated carbocycles. The highest BCUT2D eigenvalue weighted by Gasteiger charge is 2.13. The van der Waals surface area contributed by atoms with Crippen LogP contribution in [0, 0.1) is 0 Å². The van der Waals surface area contributed by atoms with Gasteiger partial charge in [0.2, 0.25) is 0 Å². The molecule has 1 unspecified atom stereocenters. The average Bonchev–Trinajstić information content (AvgIpc) is 2.06. The first kappa shape index (κ1) is 6.53. The Bertz CT molecular complexity index is 291. The molecule has 2 heteroatoms. The average molecular weight is 146 g/mol. The van der Waals surface area contributed by atoms with Crippen molar-refractivity contribution in [2.45, 2.75) is 19.3 Å². The zero-order valence-corrected chi connectivity index (χ0v) is 6.49. The van der Waals surface area contributed by atoms with E-state index < -0.39 is 0 Å². The summed E-state index contributed by atoms with van der Waals surface area (Å²) in [5, 5.41) is 0. The highest BCUT2D eigenvalue weighted by Crippen LogP contribution is 2.29. The van der Waals surface area contributed by atoms with E-state index >= 15 is 0 Å². The smallest absolute Gasteiger partial charge is 0.0843 e. The minimum atomic E-state index is 0.531. The lowest BCUT2D eigenvalue weighted by atomic mass is 10.0. The van der Waals surface area contributed by atoms with Gasteiger partial charge >= 0.3 is 0 Å². The molecule has 0 aliphatic carbocycles. The minimum Gasteiger partial charge on any atom is -0.259 e. The molecule has 1 aromatic heterocycles. The third-order valence-corrected chi connectivity index (χ3v) is 1.97. The van der Waals surface area contributed by atoms with Gasteiger partial charge in [-0.25, -0.2) is 0 Å². The summed E-state index contributed by atoms with van der Waals surface area (Å²) in [5.41, 5.74) is 2.17. The van der Waals surface area contributed by atoms with Gasteiger partial charge in [0.05, 0.1) is 11.4 Å². The van der Waals surface area contributed by atoms with Gasteiger partial charge in [0.25, 0.3) is 0 Å². The first-order valence-corrected chi connectivity index (χ1v) is 3.85. The molecule has 2 nitrogen and oxygen atoms in total. The van der Waals surface area contributed by atoms with Crippen LogP contribution >= 0.6 is 0 Å². The molecule has 0 fully saturated rings. The van der Waals surface area contributed by atoms with Gasteiger partial charge in [-0.05, 0) is 18.6 Å². The number of pyridine rings is 1. The molecule has 0 spiro atoms. The summed E-state index contributed by atoms with van der Waals surface area (Å²) < 4.78 is 0. The number of hydrogen-bond acceptors (Lipinski definition) is 2. The van der Waals surface area contributed by atoms with E-state index in [1.807, 2.05) is 24.5 Å². The maximum absolute atomic E-state index is 4.29. The Morgan fingerprint density at radius 3 is 3.27 bits per heavy atom. The van der Waals surface area contributed by atoms with Gasteiger partial charge in [-0.15, -0.1) is 0 Å². The molecule has 1 atom stereocenters. The Morgan fingerprint density at radius 2 is 2.45 bits per heavy atom. The van der Waals surface area contributed by atoms with Crippen molar-refractivity contribution < 1.29 is 0 Å². The summed E-state index contributed by atoms with van der Waals surface area (Å²) in [6.45, 7) is 2.18. The Hall–Kier alpha value is -1.18. The van der Waals surface area contributed by atoms with E-state index in [1.165, 1.54) is 0 Å². The van der Waals surface area contributed by atoms with Crippen molar-refractivity contribution in [1.29, 1.82) is 0 Å². The minimum absolute atomic E-state index is 0.531. The molecule has 11 heavy (non-hydrogen) atoms. The van der Waals surface area contributed by atoms with Crippen LogP contribution in [-0.2, 0) is 0 Å². The molecule has 0 N–H and O–H groups in total. The van der Waals surface area contributed by atoms with E-state index in [2.05, 4.69) is 16.9 Å². The Balaban J connectivity index is 2.54. The third kappa shape index (κ3) is 1.04. The van der Waals surface area contributed by atoms with Gasteiger partial charge in [-0.2, -0.15) is 0 Å². The lowest BCUT2D eigenvalue weighted by Gasteiger charge is -2.14. The normalized spacial score (nSPS) is 21.4. The SMILES string of the molecule is CC1CC=Nc2cccnc21. The molecule has 0 bridgehead atoms. The lowest BCUT2D eigenvalue weighted by molar-refractivity contribution is 0.766. The molecule has 0 saturated heterocycles. The van der Waals surface area contributed by atoms with E-state index in [1.54, 1.807) is 0 Å². The van der Waals surface area contributed by atoms with Gasteiger partial charge in [0, 0.05) is 18.3 Å². The summed E-state index contributed by atoms with van der Waals surface area (Å²) in [6, 6.07) is 3.93. The van der Waals surface area contributed by atoms with Crippen LogP contribution in [0.15, 0.2) is 23.3 Å². The van der Waals surface area contributed by atoms with Gasteiger partial charge in [0.15, 0.2) is 0 Å². The lowest BCUT2D eigenvalue weighted by Crippen LogP contribution is -2.01. The van der Waals surface area contributed by atoms with Crippen molar-refractivity contribution in [3.8, 4) is 0 Å². The number of hydrogen-bond donors (Lipinski definition) is 0. The van der Waals surface area contributed by atoms with Gasteiger partial charge in [-0.3, -0.25) is 9.98 Å². The molecular formula is C9H10N2. The van der Waals surface area contributed by atoms with E-state index in [0.29, 0.717) is 5.92 Å². The second kappa shape index (κ2) is 2.46. The fraction of sp³-hybridized carbons (Fsp3) is 0.333. The maximum atomic E-state index is 4.29. The molecule has 1 aromatic rings. The largest absolute Gasteiger partial charge is 0.259 e. The summed E-state index contributed by atoms with van der Waals surface area (Å²) in [5.74, 6) is 0.531.